The van der Waals surface area contributed by atoms with E-state index in [0.29, 0.717) is 35.9 Å². The summed E-state index contributed by atoms with van der Waals surface area (Å²) in [5.74, 6) is 1.06. The Kier molecular flexibility index (Phi) is 4.49. The van der Waals surface area contributed by atoms with Crippen molar-refractivity contribution in [3.05, 3.63) is 57.4 Å². The van der Waals surface area contributed by atoms with Crippen LogP contribution in [0.5, 0.6) is 11.5 Å². The average Bonchev–Trinajstić information content (AvgIpc) is 3.29. The van der Waals surface area contributed by atoms with Gasteiger partial charge in [-0.05, 0) is 29.1 Å². The molecular formula is C19H19N3O4S. The normalized spacial score (nSPS) is 18.9. The van der Waals surface area contributed by atoms with Crippen molar-refractivity contribution < 1.29 is 19.1 Å². The van der Waals surface area contributed by atoms with Gasteiger partial charge in [-0.1, -0.05) is 12.1 Å². The van der Waals surface area contributed by atoms with Gasteiger partial charge in [0.15, 0.2) is 11.5 Å². The van der Waals surface area contributed by atoms with Gasteiger partial charge in [0, 0.05) is 4.88 Å². The molecule has 1 aromatic carbocycles. The molecule has 3 amide bonds. The molecule has 2 N–H and O–H groups in total. The van der Waals surface area contributed by atoms with Crippen LogP contribution in [0, 0.1) is 0 Å². The number of carbonyl (C=O) groups is 2. The number of amides is 3. The third-order valence-corrected chi connectivity index (χ3v) is 5.55. The second-order valence-corrected chi connectivity index (χ2v) is 7.31. The van der Waals surface area contributed by atoms with Crippen molar-refractivity contribution >= 4 is 23.3 Å². The molecule has 0 saturated heterocycles. The Bertz CT molecular complexity index is 923. The molecule has 0 unspecified atom stereocenters. The van der Waals surface area contributed by atoms with E-state index in [4.69, 9.17) is 9.47 Å². The Balaban J connectivity index is 1.66. The number of benzene rings is 1. The Morgan fingerprint density at radius 1 is 1.19 bits per heavy atom. The molecular weight excluding hydrogens is 366 g/mol. The first kappa shape index (κ1) is 17.4. The Labute approximate surface area is 160 Å². The maximum absolute atomic E-state index is 13.1. The minimum absolute atomic E-state index is 0.0781. The van der Waals surface area contributed by atoms with Crippen molar-refractivity contribution in [1.82, 2.24) is 15.5 Å². The molecule has 0 saturated carbocycles. The van der Waals surface area contributed by atoms with Crippen LogP contribution in [0.25, 0.3) is 0 Å². The van der Waals surface area contributed by atoms with Gasteiger partial charge in [-0.15, -0.1) is 11.3 Å². The van der Waals surface area contributed by atoms with Crippen molar-refractivity contribution in [3.8, 4) is 11.5 Å². The van der Waals surface area contributed by atoms with E-state index in [9.17, 15) is 9.59 Å². The van der Waals surface area contributed by atoms with E-state index in [1.807, 2.05) is 23.6 Å². The second kappa shape index (κ2) is 6.96. The molecule has 0 fully saturated rings. The van der Waals surface area contributed by atoms with Gasteiger partial charge in [-0.2, -0.15) is 0 Å². The topological polar surface area (TPSA) is 79.9 Å². The quantitative estimate of drug-likeness (QED) is 0.828. The number of rotatable bonds is 5. The zero-order chi connectivity index (χ0) is 19.0. The van der Waals surface area contributed by atoms with E-state index in [2.05, 4.69) is 10.6 Å². The lowest BCUT2D eigenvalue weighted by atomic mass is 9.96. The molecule has 3 heterocycles. The Morgan fingerprint density at radius 3 is 2.70 bits per heavy atom. The summed E-state index contributed by atoms with van der Waals surface area (Å²) in [7, 11) is 3.12. The number of thiophene rings is 1. The number of carbonyl (C=O) groups excluding carboxylic acids is 2. The number of urea groups is 1. The monoisotopic (exact) mass is 385 g/mol. The smallest absolute Gasteiger partial charge is 0.319 e. The number of methoxy groups -OCH3 is 2. The van der Waals surface area contributed by atoms with E-state index < -0.39 is 6.04 Å². The van der Waals surface area contributed by atoms with E-state index in [-0.39, 0.29) is 11.9 Å². The first-order valence-electron chi connectivity index (χ1n) is 8.45. The van der Waals surface area contributed by atoms with E-state index >= 15 is 0 Å². The highest BCUT2D eigenvalue weighted by Crippen LogP contribution is 2.37. The molecule has 2 aliphatic heterocycles. The third kappa shape index (κ3) is 3.12. The lowest BCUT2D eigenvalue weighted by Crippen LogP contribution is -2.44. The highest BCUT2D eigenvalue weighted by atomic mass is 32.1. The molecule has 1 aromatic heterocycles. The number of nitrogens with one attached hydrogen (secondary N) is 2. The predicted octanol–water partition coefficient (Wildman–Crippen LogP) is 2.42. The summed E-state index contributed by atoms with van der Waals surface area (Å²) in [6, 6.07) is 8.49. The molecule has 0 aliphatic carbocycles. The molecule has 0 spiro atoms. The van der Waals surface area contributed by atoms with E-state index in [0.717, 1.165) is 10.4 Å². The van der Waals surface area contributed by atoms with Gasteiger partial charge < -0.3 is 25.0 Å². The fraction of sp³-hybridized carbons (Fsp3) is 0.263. The van der Waals surface area contributed by atoms with Crippen molar-refractivity contribution in [3.63, 3.8) is 0 Å². The summed E-state index contributed by atoms with van der Waals surface area (Å²) in [6.07, 6.45) is 0. The minimum Gasteiger partial charge on any atom is -0.493 e. The standard InChI is InChI=1S/C19H19N3O4S/c1-25-14-6-5-11(8-15(14)26-2)17-16-13(20-19(24)21-17)10-22(18(16)23)9-12-4-3-7-27-12/h3-8,17H,9-10H2,1-2H3,(H2,20,21,24)/t17-/m1/s1. The first-order valence-corrected chi connectivity index (χ1v) is 9.33. The van der Waals surface area contributed by atoms with Crippen molar-refractivity contribution in [2.75, 3.05) is 20.8 Å². The molecule has 0 radical (unpaired) electrons. The van der Waals surface area contributed by atoms with Crippen molar-refractivity contribution in [1.29, 1.82) is 0 Å². The molecule has 7 nitrogen and oxygen atoms in total. The lowest BCUT2D eigenvalue weighted by Gasteiger charge is -2.26. The average molecular weight is 385 g/mol. The summed E-state index contributed by atoms with van der Waals surface area (Å²) >= 11 is 1.61. The lowest BCUT2D eigenvalue weighted by molar-refractivity contribution is -0.126. The van der Waals surface area contributed by atoms with Gasteiger partial charge in [-0.3, -0.25) is 4.79 Å². The molecule has 0 bridgehead atoms. The molecule has 4 rings (SSSR count). The van der Waals surface area contributed by atoms with Crippen LogP contribution in [0.2, 0.25) is 0 Å². The minimum atomic E-state index is -0.533. The summed E-state index contributed by atoms with van der Waals surface area (Å²) < 4.78 is 10.6. The number of hydrogen-bond acceptors (Lipinski definition) is 5. The van der Waals surface area contributed by atoms with Crippen LogP contribution in [0.3, 0.4) is 0 Å². The van der Waals surface area contributed by atoms with Crippen LogP contribution >= 0.6 is 11.3 Å². The maximum atomic E-state index is 13.1. The summed E-state index contributed by atoms with van der Waals surface area (Å²) in [4.78, 5) is 28.1. The van der Waals surface area contributed by atoms with Crippen LogP contribution in [0.15, 0.2) is 47.0 Å². The fourth-order valence-corrected chi connectivity index (χ4v) is 4.15. The Morgan fingerprint density at radius 2 is 2.00 bits per heavy atom. The van der Waals surface area contributed by atoms with E-state index in [1.54, 1.807) is 42.6 Å². The maximum Gasteiger partial charge on any atom is 0.319 e. The van der Waals surface area contributed by atoms with Gasteiger partial charge >= 0.3 is 6.03 Å². The molecule has 27 heavy (non-hydrogen) atoms. The zero-order valence-electron chi connectivity index (χ0n) is 14.9. The van der Waals surface area contributed by atoms with Gasteiger partial charge in [0.2, 0.25) is 0 Å². The molecule has 2 aromatic rings. The van der Waals surface area contributed by atoms with Gasteiger partial charge in [0.1, 0.15) is 0 Å². The molecule has 8 heteroatoms. The summed E-state index contributed by atoms with van der Waals surface area (Å²) in [6.45, 7) is 0.918. The SMILES string of the molecule is COc1ccc([C@H]2NC(=O)NC3=C2C(=O)N(Cc2cccs2)C3)cc1OC. The van der Waals surface area contributed by atoms with Crippen molar-refractivity contribution in [2.24, 2.45) is 0 Å². The van der Waals surface area contributed by atoms with Crippen molar-refractivity contribution in [2.45, 2.75) is 12.6 Å². The fourth-order valence-electron chi connectivity index (χ4n) is 3.43. The van der Waals surface area contributed by atoms with Crippen LogP contribution in [-0.4, -0.2) is 37.6 Å². The highest BCUT2D eigenvalue weighted by molar-refractivity contribution is 7.09. The van der Waals surface area contributed by atoms with Crippen LogP contribution in [0.1, 0.15) is 16.5 Å². The number of hydrogen-bond donors (Lipinski definition) is 2. The largest absolute Gasteiger partial charge is 0.493 e. The number of ether oxygens (including phenoxy) is 2. The third-order valence-electron chi connectivity index (χ3n) is 4.69. The van der Waals surface area contributed by atoms with Crippen LogP contribution < -0.4 is 20.1 Å². The van der Waals surface area contributed by atoms with Gasteiger partial charge in [0.25, 0.3) is 5.91 Å². The molecule has 140 valence electrons. The number of nitrogens with zero attached hydrogens (tertiary/aromatic N) is 1. The van der Waals surface area contributed by atoms with E-state index in [1.165, 1.54) is 0 Å². The molecule has 1 atom stereocenters. The van der Waals surface area contributed by atoms with Crippen LogP contribution in [0.4, 0.5) is 4.79 Å². The molecule has 2 aliphatic rings. The predicted molar refractivity (Wildman–Crippen MR) is 101 cm³/mol. The van der Waals surface area contributed by atoms with Gasteiger partial charge in [-0.25, -0.2) is 4.79 Å². The van der Waals surface area contributed by atoms with Crippen LogP contribution in [-0.2, 0) is 11.3 Å². The van der Waals surface area contributed by atoms with Gasteiger partial charge in [0.05, 0.1) is 44.6 Å². The summed E-state index contributed by atoms with van der Waals surface area (Å²) in [5, 5.41) is 7.62. The Hall–Kier alpha value is -3.00. The second-order valence-electron chi connectivity index (χ2n) is 6.28. The first-order chi connectivity index (χ1) is 13.1. The zero-order valence-corrected chi connectivity index (χ0v) is 15.8. The highest BCUT2D eigenvalue weighted by Gasteiger charge is 2.40. The summed E-state index contributed by atoms with van der Waals surface area (Å²) in [5.41, 5.74) is 1.99.